The van der Waals surface area contributed by atoms with Gasteiger partial charge in [0, 0.05) is 23.9 Å². The Morgan fingerprint density at radius 3 is 2.59 bits per heavy atom. The van der Waals surface area contributed by atoms with Crippen LogP contribution >= 0.6 is 0 Å². The zero-order valence-corrected chi connectivity index (χ0v) is 15.2. The minimum atomic E-state index is -0.388. The fraction of sp³-hybridized carbons (Fsp3) is 0.190. The molecule has 0 saturated carbocycles. The van der Waals surface area contributed by atoms with Crippen LogP contribution in [-0.2, 0) is 6.54 Å². The summed E-state index contributed by atoms with van der Waals surface area (Å²) in [6.45, 7) is 4.32. The number of hydrogen-bond acceptors (Lipinski definition) is 4. The Bertz CT molecular complexity index is 943. The molecular formula is C21H21FN4O. The lowest BCUT2D eigenvalue weighted by atomic mass is 10.0. The first-order chi connectivity index (χ1) is 13.0. The molecule has 6 heteroatoms. The lowest BCUT2D eigenvalue weighted by molar-refractivity contribution is 0.0945. The van der Waals surface area contributed by atoms with Crippen molar-refractivity contribution in [3.63, 3.8) is 0 Å². The van der Waals surface area contributed by atoms with Gasteiger partial charge in [-0.15, -0.1) is 0 Å². The standard InChI is InChI=1S/C21H21FN4O/c1-14(2)16-8-4-6-10-18(16)26-20-11-19(24-13-25-20)21(27)23-12-15-7-3-5-9-17(15)22/h3-11,13-14H,12H2,1-2H3,(H,23,27)(H,24,25,26). The quantitative estimate of drug-likeness (QED) is 0.680. The van der Waals surface area contributed by atoms with Crippen LogP contribution in [0.4, 0.5) is 15.9 Å². The van der Waals surface area contributed by atoms with Crippen molar-refractivity contribution in [3.8, 4) is 0 Å². The maximum atomic E-state index is 13.7. The monoisotopic (exact) mass is 364 g/mol. The number of halogens is 1. The summed E-state index contributed by atoms with van der Waals surface area (Å²) in [5.74, 6) is 0.127. The molecule has 3 rings (SSSR count). The second-order valence-corrected chi connectivity index (χ2v) is 6.43. The molecule has 0 spiro atoms. The first kappa shape index (κ1) is 18.5. The van der Waals surface area contributed by atoms with Gasteiger partial charge in [-0.1, -0.05) is 50.2 Å². The van der Waals surface area contributed by atoms with Crippen LogP contribution in [-0.4, -0.2) is 15.9 Å². The van der Waals surface area contributed by atoms with Crippen LogP contribution in [0.3, 0.4) is 0 Å². The van der Waals surface area contributed by atoms with Crippen LogP contribution < -0.4 is 10.6 Å². The van der Waals surface area contributed by atoms with Gasteiger partial charge in [-0.05, 0) is 23.6 Å². The topological polar surface area (TPSA) is 66.9 Å². The summed E-state index contributed by atoms with van der Waals surface area (Å²) < 4.78 is 13.7. The van der Waals surface area contributed by atoms with Crippen molar-refractivity contribution in [2.75, 3.05) is 5.32 Å². The normalized spacial score (nSPS) is 10.7. The molecular weight excluding hydrogens is 343 g/mol. The summed E-state index contributed by atoms with van der Waals surface area (Å²) in [6, 6.07) is 15.9. The third-order valence-electron chi connectivity index (χ3n) is 4.14. The Hall–Kier alpha value is -3.28. The number of amides is 1. The lowest BCUT2D eigenvalue weighted by Gasteiger charge is -2.14. The van der Waals surface area contributed by atoms with Crippen LogP contribution in [0.15, 0.2) is 60.9 Å². The van der Waals surface area contributed by atoms with Gasteiger partial charge in [0.25, 0.3) is 5.91 Å². The molecule has 0 fully saturated rings. The summed E-state index contributed by atoms with van der Waals surface area (Å²) in [7, 11) is 0. The molecule has 2 N–H and O–H groups in total. The maximum absolute atomic E-state index is 13.7. The molecule has 0 aliphatic rings. The first-order valence-electron chi connectivity index (χ1n) is 8.74. The largest absolute Gasteiger partial charge is 0.347 e. The Labute approximate surface area is 157 Å². The molecule has 0 unspecified atom stereocenters. The molecule has 0 aliphatic carbocycles. The highest BCUT2D eigenvalue weighted by Crippen LogP contribution is 2.26. The van der Waals surface area contributed by atoms with E-state index in [2.05, 4.69) is 40.5 Å². The highest BCUT2D eigenvalue weighted by molar-refractivity contribution is 5.92. The van der Waals surface area contributed by atoms with Gasteiger partial charge in [-0.3, -0.25) is 4.79 Å². The average molecular weight is 364 g/mol. The van der Waals surface area contributed by atoms with E-state index in [4.69, 9.17) is 0 Å². The van der Waals surface area contributed by atoms with Crippen molar-refractivity contribution in [1.29, 1.82) is 0 Å². The molecule has 1 aromatic heterocycles. The summed E-state index contributed by atoms with van der Waals surface area (Å²) in [5, 5.41) is 5.92. The number of nitrogens with one attached hydrogen (secondary N) is 2. The maximum Gasteiger partial charge on any atom is 0.270 e. The molecule has 0 radical (unpaired) electrons. The number of carbonyl (C=O) groups excluding carboxylic acids is 1. The number of para-hydroxylation sites is 1. The fourth-order valence-corrected chi connectivity index (χ4v) is 2.71. The van der Waals surface area contributed by atoms with Gasteiger partial charge in [-0.25, -0.2) is 14.4 Å². The van der Waals surface area contributed by atoms with Gasteiger partial charge in [0.15, 0.2) is 0 Å². The van der Waals surface area contributed by atoms with E-state index >= 15 is 0 Å². The predicted octanol–water partition coefficient (Wildman–Crippen LogP) is 4.41. The van der Waals surface area contributed by atoms with E-state index in [1.54, 1.807) is 24.3 Å². The van der Waals surface area contributed by atoms with Crippen molar-refractivity contribution < 1.29 is 9.18 Å². The van der Waals surface area contributed by atoms with Crippen LogP contribution in [0, 0.1) is 5.82 Å². The van der Waals surface area contributed by atoms with E-state index < -0.39 is 0 Å². The van der Waals surface area contributed by atoms with E-state index in [0.717, 1.165) is 11.3 Å². The smallest absolute Gasteiger partial charge is 0.270 e. The van der Waals surface area contributed by atoms with Crippen LogP contribution in [0.25, 0.3) is 0 Å². The number of rotatable bonds is 6. The fourth-order valence-electron chi connectivity index (χ4n) is 2.71. The first-order valence-corrected chi connectivity index (χ1v) is 8.74. The molecule has 0 saturated heterocycles. The zero-order valence-electron chi connectivity index (χ0n) is 15.2. The van der Waals surface area contributed by atoms with Crippen molar-refractivity contribution in [1.82, 2.24) is 15.3 Å². The second-order valence-electron chi connectivity index (χ2n) is 6.43. The molecule has 0 atom stereocenters. The molecule has 2 aromatic carbocycles. The highest BCUT2D eigenvalue weighted by atomic mass is 19.1. The molecule has 0 aliphatic heterocycles. The van der Waals surface area contributed by atoms with Crippen molar-refractivity contribution in [3.05, 3.63) is 83.6 Å². The van der Waals surface area contributed by atoms with E-state index in [0.29, 0.717) is 17.3 Å². The van der Waals surface area contributed by atoms with Crippen molar-refractivity contribution in [2.24, 2.45) is 0 Å². The van der Waals surface area contributed by atoms with Gasteiger partial charge >= 0.3 is 0 Å². The van der Waals surface area contributed by atoms with Crippen molar-refractivity contribution >= 4 is 17.4 Å². The summed E-state index contributed by atoms with van der Waals surface area (Å²) in [6.07, 6.45) is 1.33. The molecule has 1 heterocycles. The van der Waals surface area contributed by atoms with Gasteiger partial charge in [0.1, 0.15) is 23.7 Å². The molecule has 138 valence electrons. The number of benzene rings is 2. The Balaban J connectivity index is 1.72. The number of nitrogens with zero attached hydrogens (tertiary/aromatic N) is 2. The third-order valence-corrected chi connectivity index (χ3v) is 4.14. The number of aromatic nitrogens is 2. The minimum absolute atomic E-state index is 0.0917. The van der Waals surface area contributed by atoms with Crippen LogP contribution in [0.2, 0.25) is 0 Å². The number of carbonyl (C=O) groups is 1. The molecule has 27 heavy (non-hydrogen) atoms. The van der Waals surface area contributed by atoms with Crippen LogP contribution in [0.5, 0.6) is 0 Å². The Kier molecular flexibility index (Phi) is 5.76. The lowest BCUT2D eigenvalue weighted by Crippen LogP contribution is -2.24. The highest BCUT2D eigenvalue weighted by Gasteiger charge is 2.11. The minimum Gasteiger partial charge on any atom is -0.347 e. The summed E-state index contributed by atoms with van der Waals surface area (Å²) >= 11 is 0. The van der Waals surface area contributed by atoms with E-state index in [-0.39, 0.29) is 24.0 Å². The molecule has 5 nitrogen and oxygen atoms in total. The Morgan fingerprint density at radius 1 is 1.07 bits per heavy atom. The zero-order chi connectivity index (χ0) is 19.2. The Morgan fingerprint density at radius 2 is 1.81 bits per heavy atom. The van der Waals surface area contributed by atoms with E-state index in [1.807, 2.05) is 18.2 Å². The molecule has 0 bridgehead atoms. The van der Waals surface area contributed by atoms with Crippen LogP contribution in [0.1, 0.15) is 41.4 Å². The number of anilines is 2. The van der Waals surface area contributed by atoms with Gasteiger partial charge < -0.3 is 10.6 Å². The average Bonchev–Trinajstić information content (AvgIpc) is 2.67. The third kappa shape index (κ3) is 4.67. The van der Waals surface area contributed by atoms with E-state index in [1.165, 1.54) is 12.4 Å². The van der Waals surface area contributed by atoms with Gasteiger partial charge in [0.2, 0.25) is 0 Å². The van der Waals surface area contributed by atoms with Crippen molar-refractivity contribution in [2.45, 2.75) is 26.3 Å². The predicted molar refractivity (Wildman–Crippen MR) is 103 cm³/mol. The van der Waals surface area contributed by atoms with Gasteiger partial charge in [-0.2, -0.15) is 0 Å². The molecule has 1 amide bonds. The van der Waals surface area contributed by atoms with E-state index in [9.17, 15) is 9.18 Å². The molecule has 3 aromatic rings. The SMILES string of the molecule is CC(C)c1ccccc1Nc1cc(C(=O)NCc2ccccc2F)ncn1. The second kappa shape index (κ2) is 8.40. The summed E-state index contributed by atoms with van der Waals surface area (Å²) in [5.41, 5.74) is 2.72. The summed E-state index contributed by atoms with van der Waals surface area (Å²) in [4.78, 5) is 20.6. The number of hydrogen-bond donors (Lipinski definition) is 2. The van der Waals surface area contributed by atoms with Gasteiger partial charge in [0.05, 0.1) is 0 Å².